The summed E-state index contributed by atoms with van der Waals surface area (Å²) in [6.07, 6.45) is 5.70. The number of aromatic nitrogens is 1. The van der Waals surface area contributed by atoms with Gasteiger partial charge >= 0.3 is 0 Å². The molecule has 0 aromatic carbocycles. The van der Waals surface area contributed by atoms with Gasteiger partial charge in [-0.15, -0.1) is 0 Å². The Labute approximate surface area is 120 Å². The SMILES string of the molecule is CCCC1(C(=O)Nc2ncc(Br)s2)CCCNC1. The number of halogens is 1. The van der Waals surface area contributed by atoms with Crippen LogP contribution in [0.15, 0.2) is 9.98 Å². The molecule has 0 spiro atoms. The quantitative estimate of drug-likeness (QED) is 0.891. The van der Waals surface area contributed by atoms with Crippen molar-refractivity contribution in [3.63, 3.8) is 0 Å². The van der Waals surface area contributed by atoms with Gasteiger partial charge in [-0.1, -0.05) is 24.7 Å². The van der Waals surface area contributed by atoms with E-state index in [4.69, 9.17) is 0 Å². The summed E-state index contributed by atoms with van der Waals surface area (Å²) in [5.74, 6) is 0.110. The highest BCUT2D eigenvalue weighted by Crippen LogP contribution is 2.34. The Bertz CT molecular complexity index is 410. The first-order valence-corrected chi connectivity index (χ1v) is 7.91. The molecule has 1 amide bonds. The van der Waals surface area contributed by atoms with Gasteiger partial charge in [0.1, 0.15) is 0 Å². The molecule has 1 aliphatic rings. The summed E-state index contributed by atoms with van der Waals surface area (Å²) >= 11 is 4.80. The average Bonchev–Trinajstić information content (AvgIpc) is 2.76. The summed E-state index contributed by atoms with van der Waals surface area (Å²) in [5, 5.41) is 6.98. The molecule has 0 saturated carbocycles. The van der Waals surface area contributed by atoms with Gasteiger partial charge in [-0.3, -0.25) is 4.79 Å². The first-order chi connectivity index (χ1) is 8.66. The van der Waals surface area contributed by atoms with E-state index in [0.29, 0.717) is 5.13 Å². The zero-order chi connectivity index (χ0) is 13.0. The smallest absolute Gasteiger partial charge is 0.233 e. The Morgan fingerprint density at radius 1 is 1.72 bits per heavy atom. The predicted molar refractivity (Wildman–Crippen MR) is 77.9 cm³/mol. The minimum Gasteiger partial charge on any atom is -0.316 e. The number of thiazole rings is 1. The van der Waals surface area contributed by atoms with Crippen LogP contribution in [0.4, 0.5) is 5.13 Å². The van der Waals surface area contributed by atoms with Crippen LogP contribution in [0.1, 0.15) is 32.6 Å². The summed E-state index contributed by atoms with van der Waals surface area (Å²) in [6.45, 7) is 3.92. The van der Waals surface area contributed by atoms with Crippen molar-refractivity contribution in [3.8, 4) is 0 Å². The molecular weight excluding hydrogens is 314 g/mol. The number of anilines is 1. The molecule has 1 fully saturated rings. The van der Waals surface area contributed by atoms with Crippen LogP contribution in [-0.4, -0.2) is 24.0 Å². The molecule has 2 N–H and O–H groups in total. The van der Waals surface area contributed by atoms with Crippen LogP contribution in [0.5, 0.6) is 0 Å². The molecule has 18 heavy (non-hydrogen) atoms. The lowest BCUT2D eigenvalue weighted by atomic mass is 9.76. The zero-order valence-electron chi connectivity index (χ0n) is 10.5. The van der Waals surface area contributed by atoms with Crippen LogP contribution in [0.3, 0.4) is 0 Å². The molecule has 1 aromatic rings. The number of hydrogen-bond donors (Lipinski definition) is 2. The van der Waals surface area contributed by atoms with E-state index in [-0.39, 0.29) is 11.3 Å². The van der Waals surface area contributed by atoms with Gasteiger partial charge in [0.2, 0.25) is 5.91 Å². The molecule has 0 bridgehead atoms. The van der Waals surface area contributed by atoms with Gasteiger partial charge in [-0.05, 0) is 41.7 Å². The lowest BCUT2D eigenvalue weighted by Crippen LogP contribution is -2.48. The van der Waals surface area contributed by atoms with Crippen LogP contribution in [0, 0.1) is 5.41 Å². The fraction of sp³-hybridized carbons (Fsp3) is 0.667. The molecule has 1 unspecified atom stereocenters. The maximum absolute atomic E-state index is 12.5. The van der Waals surface area contributed by atoms with E-state index in [1.165, 1.54) is 11.3 Å². The summed E-state index contributed by atoms with van der Waals surface area (Å²) in [4.78, 5) is 16.7. The molecule has 6 heteroatoms. The molecule has 1 aromatic heterocycles. The number of rotatable bonds is 4. The molecule has 0 radical (unpaired) electrons. The minimum absolute atomic E-state index is 0.110. The first kappa shape index (κ1) is 14.0. The third kappa shape index (κ3) is 3.10. The number of carbonyl (C=O) groups excluding carboxylic acids is 1. The standard InChI is InChI=1S/C12H18BrN3OS/c1-2-4-12(5-3-6-14-8-12)10(17)16-11-15-7-9(13)18-11/h7,14H,2-6,8H2,1H3,(H,15,16,17). The average molecular weight is 332 g/mol. The van der Waals surface area contributed by atoms with Crippen molar-refractivity contribution in [2.24, 2.45) is 5.41 Å². The van der Waals surface area contributed by atoms with Crippen molar-refractivity contribution >= 4 is 38.3 Å². The Morgan fingerprint density at radius 2 is 2.56 bits per heavy atom. The van der Waals surface area contributed by atoms with E-state index in [0.717, 1.165) is 42.6 Å². The number of nitrogens with one attached hydrogen (secondary N) is 2. The number of piperidine rings is 1. The maximum atomic E-state index is 12.5. The monoisotopic (exact) mass is 331 g/mol. The third-order valence-corrected chi connectivity index (χ3v) is 4.77. The van der Waals surface area contributed by atoms with Crippen molar-refractivity contribution in [2.45, 2.75) is 32.6 Å². The highest BCUT2D eigenvalue weighted by atomic mass is 79.9. The second-order valence-electron chi connectivity index (χ2n) is 4.73. The number of nitrogens with zero attached hydrogens (tertiary/aromatic N) is 1. The number of carbonyl (C=O) groups is 1. The molecule has 100 valence electrons. The molecule has 2 rings (SSSR count). The topological polar surface area (TPSA) is 54.0 Å². The van der Waals surface area contributed by atoms with Gasteiger partial charge in [0, 0.05) is 6.54 Å². The van der Waals surface area contributed by atoms with Gasteiger partial charge < -0.3 is 10.6 Å². The largest absolute Gasteiger partial charge is 0.316 e. The van der Waals surface area contributed by atoms with E-state index in [1.807, 2.05) is 0 Å². The van der Waals surface area contributed by atoms with Gasteiger partial charge in [0.15, 0.2) is 5.13 Å². The van der Waals surface area contributed by atoms with Crippen LogP contribution in [-0.2, 0) is 4.79 Å². The fourth-order valence-electron chi connectivity index (χ4n) is 2.51. The van der Waals surface area contributed by atoms with E-state index in [9.17, 15) is 4.79 Å². The Kier molecular flexibility index (Phi) is 4.75. The van der Waals surface area contributed by atoms with Crippen molar-refractivity contribution < 1.29 is 4.79 Å². The van der Waals surface area contributed by atoms with E-state index in [1.54, 1.807) is 6.20 Å². The third-order valence-electron chi connectivity index (χ3n) is 3.38. The Morgan fingerprint density at radius 3 is 3.11 bits per heavy atom. The van der Waals surface area contributed by atoms with Crippen LogP contribution < -0.4 is 10.6 Å². The molecule has 2 heterocycles. The minimum atomic E-state index is -0.259. The normalized spacial score (nSPS) is 23.9. The zero-order valence-corrected chi connectivity index (χ0v) is 12.9. The highest BCUT2D eigenvalue weighted by Gasteiger charge is 2.38. The second kappa shape index (κ2) is 6.12. The molecular formula is C12H18BrN3OS. The van der Waals surface area contributed by atoms with E-state index < -0.39 is 0 Å². The van der Waals surface area contributed by atoms with Crippen molar-refractivity contribution in [1.82, 2.24) is 10.3 Å². The summed E-state index contributed by atoms with van der Waals surface area (Å²) in [5.41, 5.74) is -0.259. The van der Waals surface area contributed by atoms with Gasteiger partial charge in [0.05, 0.1) is 15.4 Å². The van der Waals surface area contributed by atoms with Crippen molar-refractivity contribution in [2.75, 3.05) is 18.4 Å². The second-order valence-corrected chi connectivity index (χ2v) is 7.14. The lowest BCUT2D eigenvalue weighted by molar-refractivity contribution is -0.127. The van der Waals surface area contributed by atoms with E-state index in [2.05, 4.69) is 38.5 Å². The maximum Gasteiger partial charge on any atom is 0.233 e. The van der Waals surface area contributed by atoms with Gasteiger partial charge in [-0.2, -0.15) is 0 Å². The Balaban J connectivity index is 2.08. The van der Waals surface area contributed by atoms with Crippen LogP contribution >= 0.6 is 27.3 Å². The predicted octanol–water partition coefficient (Wildman–Crippen LogP) is 3.01. The molecule has 1 saturated heterocycles. The van der Waals surface area contributed by atoms with Crippen molar-refractivity contribution in [1.29, 1.82) is 0 Å². The first-order valence-electron chi connectivity index (χ1n) is 6.30. The van der Waals surface area contributed by atoms with E-state index >= 15 is 0 Å². The lowest BCUT2D eigenvalue weighted by Gasteiger charge is -2.35. The molecule has 4 nitrogen and oxygen atoms in total. The fourth-order valence-corrected chi connectivity index (χ4v) is 3.61. The number of amides is 1. The summed E-state index contributed by atoms with van der Waals surface area (Å²) < 4.78 is 0.934. The molecule has 0 aliphatic carbocycles. The summed E-state index contributed by atoms with van der Waals surface area (Å²) in [6, 6.07) is 0. The van der Waals surface area contributed by atoms with Crippen LogP contribution in [0.2, 0.25) is 0 Å². The van der Waals surface area contributed by atoms with Gasteiger partial charge in [0.25, 0.3) is 0 Å². The molecule has 1 aliphatic heterocycles. The van der Waals surface area contributed by atoms with Crippen molar-refractivity contribution in [3.05, 3.63) is 9.98 Å². The van der Waals surface area contributed by atoms with Crippen LogP contribution in [0.25, 0.3) is 0 Å². The van der Waals surface area contributed by atoms with Gasteiger partial charge in [-0.25, -0.2) is 4.98 Å². The molecule has 1 atom stereocenters. The Hall–Kier alpha value is -0.460. The summed E-state index contributed by atoms with van der Waals surface area (Å²) in [7, 11) is 0. The number of hydrogen-bond acceptors (Lipinski definition) is 4. The highest BCUT2D eigenvalue weighted by molar-refractivity contribution is 9.11.